The third kappa shape index (κ3) is 29.5. The van der Waals surface area contributed by atoms with Crippen molar-refractivity contribution in [3.63, 3.8) is 0 Å². The van der Waals surface area contributed by atoms with Gasteiger partial charge in [0.05, 0.1) is 0 Å². The van der Waals surface area contributed by atoms with Crippen molar-refractivity contribution in [1.82, 2.24) is 0 Å². The van der Waals surface area contributed by atoms with Crippen LogP contribution in [0.5, 0.6) is 5.75 Å². The Morgan fingerprint density at radius 2 is 0.581 bits per heavy atom. The maximum absolute atomic E-state index is 15.6. The van der Waals surface area contributed by atoms with E-state index in [1.165, 1.54) is 0 Å². The summed E-state index contributed by atoms with van der Waals surface area (Å²) in [5, 5.41) is 0. The molecule has 0 radical (unpaired) electrons. The second-order valence-electron chi connectivity index (χ2n) is 25.9. The molecule has 5 nitrogen and oxygen atoms in total. The van der Waals surface area contributed by atoms with E-state index in [9.17, 15) is 0 Å². The molecule has 0 bridgehead atoms. The molecule has 3 aromatic rings. The van der Waals surface area contributed by atoms with E-state index in [0.717, 1.165) is 231 Å². The number of hydrogen-bond donors (Lipinski definition) is 0. The Hall–Kier alpha value is -2.78. The quantitative estimate of drug-likeness (QED) is 0.0185. The molecule has 3 aromatic carbocycles. The first-order chi connectivity index (χ1) is 41.3. The Balaban J connectivity index is 2.69. The standard InChI is InChI=1S/C72H119BF6O5P2/c1-7-13-19-25-31-43-53-85(54-44-32-26-20-14-8-2,55-45-33-27-21-15-9-3,62-69(80)64-49-39-37-40-50-64)83-73(82-68-60-66(71(74,75)76)59-67(61-68)72(77,78)79)84-86(56-46-34-28-22-16-10-4,57-47-35-29-23-17-11-5,58-48-36-30-24-18-12-6)63-70(81)65-51-41-38-42-52-65/h37-42,49-52,59-61H,7-36,43-48,53-58,62-63H2,1-6H3. The van der Waals surface area contributed by atoms with E-state index in [1.54, 1.807) is 0 Å². The molecule has 0 N–H and O–H groups in total. The molecule has 0 spiro atoms. The molecule has 86 heavy (non-hydrogen) atoms. The molecule has 0 amide bonds. The monoisotopic (exact) mass is 1250 g/mol. The number of benzene rings is 3. The number of rotatable bonds is 54. The first-order valence-electron chi connectivity index (χ1n) is 34.9. The van der Waals surface area contributed by atoms with Crippen molar-refractivity contribution in [1.29, 1.82) is 0 Å². The molecule has 0 atom stereocenters. The van der Waals surface area contributed by atoms with Gasteiger partial charge >= 0.3 is 523 Å². The van der Waals surface area contributed by atoms with E-state index in [0.29, 0.717) is 60.2 Å². The molecule has 492 valence electrons. The summed E-state index contributed by atoms with van der Waals surface area (Å²) in [4.78, 5) is 31.2. The van der Waals surface area contributed by atoms with Gasteiger partial charge in [0.25, 0.3) is 0 Å². The molecule has 0 aliphatic carbocycles. The number of carbonyl (C=O) groups excluding carboxylic acids is 2. The van der Waals surface area contributed by atoms with E-state index in [-0.39, 0.29) is 30.0 Å². The van der Waals surface area contributed by atoms with Gasteiger partial charge in [-0.05, 0) is 0 Å². The Kier molecular flexibility index (Phi) is 38.1. The van der Waals surface area contributed by atoms with Gasteiger partial charge in [-0.25, -0.2) is 0 Å². The van der Waals surface area contributed by atoms with Crippen LogP contribution in [0, 0.1) is 0 Å². The number of alkyl halides is 6. The average molecular weight is 1250 g/mol. The summed E-state index contributed by atoms with van der Waals surface area (Å²) < 4.78 is 114. The van der Waals surface area contributed by atoms with Gasteiger partial charge in [-0.1, -0.05) is 0 Å². The molecule has 0 heterocycles. The van der Waals surface area contributed by atoms with Gasteiger partial charge < -0.3 is 0 Å². The SMILES string of the molecule is CCCCCCCCP(CCCCCCCC)(CCCCCCCC)(CC(=O)c1ccccc1)OB(Oc1cc(C(F)(F)F)cc(C(F)(F)F)c1)OP(CCCCCCCC)(CCCCCCCC)(CCCCCCCC)CC(=O)c1ccccc1. The summed E-state index contributed by atoms with van der Waals surface area (Å²) in [6.07, 6.45) is 27.8. The predicted molar refractivity (Wildman–Crippen MR) is 360 cm³/mol. The van der Waals surface area contributed by atoms with Crippen molar-refractivity contribution in [2.45, 2.75) is 285 Å². The number of carbonyl (C=O) groups is 2. The zero-order valence-corrected chi connectivity index (χ0v) is 56.7. The van der Waals surface area contributed by atoms with Gasteiger partial charge in [-0.15, -0.1) is 0 Å². The second kappa shape index (κ2) is 42.3. The van der Waals surface area contributed by atoms with E-state index in [1.807, 2.05) is 60.7 Å². The topological polar surface area (TPSA) is 61.8 Å². The Bertz CT molecular complexity index is 2010. The molecule has 0 aliphatic heterocycles. The number of halogens is 6. The number of hydrogen-bond acceptors (Lipinski definition) is 5. The van der Waals surface area contributed by atoms with Crippen LogP contribution in [0.3, 0.4) is 0 Å². The predicted octanol–water partition coefficient (Wildman–Crippen LogP) is 25.0. The molecular formula is C72H119BF6O5P2. The molecule has 0 saturated carbocycles. The minimum absolute atomic E-state index is 0.0410. The number of Topliss-reactive ketones (excluding diaryl/α,β-unsaturated/α-hetero) is 2. The zero-order valence-electron chi connectivity index (χ0n) is 54.9. The molecule has 0 aliphatic rings. The summed E-state index contributed by atoms with van der Waals surface area (Å²) in [6, 6.07) is 20.0. The van der Waals surface area contributed by atoms with Gasteiger partial charge in [0.1, 0.15) is 0 Å². The minimum atomic E-state index is -5.15. The van der Waals surface area contributed by atoms with Crippen molar-refractivity contribution < 1.29 is 49.5 Å². The Morgan fingerprint density at radius 3 is 0.814 bits per heavy atom. The molecule has 0 fully saturated rings. The fourth-order valence-electron chi connectivity index (χ4n) is 13.1. The van der Waals surface area contributed by atoms with Crippen molar-refractivity contribution >= 4 is 32.5 Å². The summed E-state index contributed by atoms with van der Waals surface area (Å²) in [5.74, 6) is -0.843. The van der Waals surface area contributed by atoms with Gasteiger partial charge in [0, 0.05) is 0 Å². The van der Waals surface area contributed by atoms with E-state index < -0.39 is 50.2 Å². The summed E-state index contributed by atoms with van der Waals surface area (Å²) in [7, 11) is -1.83. The van der Waals surface area contributed by atoms with E-state index in [4.69, 9.17) is 13.5 Å². The zero-order chi connectivity index (χ0) is 62.9. The molecule has 0 saturated heterocycles. The molecule has 0 aromatic heterocycles. The van der Waals surface area contributed by atoms with Crippen LogP contribution in [0.25, 0.3) is 0 Å². The van der Waals surface area contributed by atoms with E-state index >= 15 is 35.9 Å². The van der Waals surface area contributed by atoms with Crippen LogP contribution < -0.4 is 4.65 Å². The van der Waals surface area contributed by atoms with Gasteiger partial charge in [-0.2, -0.15) is 0 Å². The van der Waals surface area contributed by atoms with Crippen LogP contribution in [-0.4, -0.2) is 68.2 Å². The Labute approximate surface area is 520 Å². The van der Waals surface area contributed by atoms with Gasteiger partial charge in [0.2, 0.25) is 0 Å². The van der Waals surface area contributed by atoms with Crippen molar-refractivity contribution in [2.75, 3.05) is 49.3 Å². The van der Waals surface area contributed by atoms with E-state index in [2.05, 4.69) is 41.5 Å². The molecular weight excluding hydrogens is 1130 g/mol. The third-order valence-electron chi connectivity index (χ3n) is 18.3. The molecule has 14 heteroatoms. The van der Waals surface area contributed by atoms with Crippen LogP contribution in [0.1, 0.15) is 305 Å². The second-order valence-corrected chi connectivity index (χ2v) is 37.1. The van der Waals surface area contributed by atoms with Gasteiger partial charge in [0.15, 0.2) is 0 Å². The maximum atomic E-state index is 15.6. The first-order valence-corrected chi connectivity index (χ1v) is 40.6. The van der Waals surface area contributed by atoms with Gasteiger partial charge in [-0.3, -0.25) is 0 Å². The van der Waals surface area contributed by atoms with Crippen LogP contribution in [0.4, 0.5) is 26.3 Å². The van der Waals surface area contributed by atoms with Crippen molar-refractivity contribution in [3.8, 4) is 5.75 Å². The van der Waals surface area contributed by atoms with Crippen LogP contribution in [0.15, 0.2) is 78.9 Å². The Morgan fingerprint density at radius 1 is 0.349 bits per heavy atom. The average Bonchev–Trinajstić information content (AvgIpc) is 0.798. The van der Waals surface area contributed by atoms with Crippen LogP contribution in [-0.2, 0) is 21.2 Å². The van der Waals surface area contributed by atoms with Crippen LogP contribution >= 0.6 is 13.7 Å². The van der Waals surface area contributed by atoms with Crippen molar-refractivity contribution in [2.24, 2.45) is 0 Å². The third-order valence-corrected chi connectivity index (χ3v) is 30.7. The summed E-state index contributed by atoms with van der Waals surface area (Å²) >= 11 is 0. The van der Waals surface area contributed by atoms with Crippen molar-refractivity contribution in [3.05, 3.63) is 101 Å². The fraction of sp³-hybridized carbons (Fsp3) is 0.722. The fourth-order valence-corrected chi connectivity index (χ4v) is 25.3. The summed E-state index contributed by atoms with van der Waals surface area (Å²) in [5.41, 5.74) is -1.92. The number of ketones is 2. The summed E-state index contributed by atoms with van der Waals surface area (Å²) in [6.45, 7) is 4.80. The normalized spacial score (nSPS) is 13.3. The number of unbranched alkanes of at least 4 members (excludes halogenated alkanes) is 30. The molecule has 3 rings (SSSR count). The van der Waals surface area contributed by atoms with Crippen LogP contribution in [0.2, 0.25) is 0 Å². The first kappa shape index (κ1) is 77.5. The molecule has 0 unspecified atom stereocenters.